The number of hydrogen-bond acceptors (Lipinski definition) is 5. The molecule has 1 fully saturated rings. The van der Waals surface area contributed by atoms with Gasteiger partial charge in [-0.1, -0.05) is 13.0 Å². The van der Waals surface area contributed by atoms with E-state index in [0.717, 1.165) is 57.5 Å². The molecule has 1 unspecified atom stereocenters. The van der Waals surface area contributed by atoms with E-state index in [1.54, 1.807) is 19.2 Å². The lowest BCUT2D eigenvalue weighted by Gasteiger charge is -2.44. The molecule has 1 aliphatic heterocycles. The molecule has 0 aromatic heterocycles. The van der Waals surface area contributed by atoms with Crippen LogP contribution in [0, 0.1) is 0 Å². The van der Waals surface area contributed by atoms with Crippen LogP contribution in [0.4, 0.5) is 0 Å². The first kappa shape index (κ1) is 24.7. The highest BCUT2D eigenvalue weighted by atomic mass is 32.2. The molecule has 6 nitrogen and oxygen atoms in total. The Morgan fingerprint density at radius 2 is 1.74 bits per heavy atom. The van der Waals surface area contributed by atoms with E-state index in [4.69, 9.17) is 4.74 Å². The first-order valence-corrected chi connectivity index (χ1v) is 14.2. The van der Waals surface area contributed by atoms with Gasteiger partial charge in [0.1, 0.15) is 5.75 Å². The second kappa shape index (κ2) is 10.5. The normalized spacial score (nSPS) is 19.2. The van der Waals surface area contributed by atoms with Crippen LogP contribution in [-0.2, 0) is 22.7 Å². The molecule has 1 amide bonds. The number of carbonyl (C=O) groups is 1. The molecule has 0 bridgehead atoms. The molecule has 34 heavy (non-hydrogen) atoms. The molecular weight excluding hydrogens is 448 g/mol. The number of piperidine rings is 1. The van der Waals surface area contributed by atoms with E-state index in [9.17, 15) is 13.2 Å². The van der Waals surface area contributed by atoms with Gasteiger partial charge in [-0.15, -0.1) is 0 Å². The van der Waals surface area contributed by atoms with Crippen molar-refractivity contribution < 1.29 is 17.9 Å². The van der Waals surface area contributed by atoms with Crippen molar-refractivity contribution in [2.45, 2.75) is 62.4 Å². The molecule has 7 heteroatoms. The van der Waals surface area contributed by atoms with Gasteiger partial charge in [0.05, 0.1) is 12.0 Å². The van der Waals surface area contributed by atoms with E-state index in [2.05, 4.69) is 30.0 Å². The second-order valence-corrected chi connectivity index (χ2v) is 11.6. The fraction of sp³-hybridized carbons (Fsp3) is 0.519. The number of sulfone groups is 1. The van der Waals surface area contributed by atoms with Crippen LogP contribution < -0.4 is 4.74 Å². The molecule has 0 saturated carbocycles. The van der Waals surface area contributed by atoms with Gasteiger partial charge in [-0.25, -0.2) is 8.42 Å². The van der Waals surface area contributed by atoms with Gasteiger partial charge in [0.25, 0.3) is 5.91 Å². The van der Waals surface area contributed by atoms with Crippen LogP contribution in [0.1, 0.15) is 54.1 Å². The minimum Gasteiger partial charge on any atom is -0.497 e. The predicted molar refractivity (Wildman–Crippen MR) is 134 cm³/mol. The minimum atomic E-state index is -3.26. The van der Waals surface area contributed by atoms with E-state index in [1.165, 1.54) is 35.9 Å². The van der Waals surface area contributed by atoms with Crippen LogP contribution in [0.15, 0.2) is 47.4 Å². The average Bonchev–Trinajstić information content (AvgIpc) is 2.86. The van der Waals surface area contributed by atoms with Gasteiger partial charge in [-0.3, -0.25) is 9.69 Å². The number of ether oxygens (including phenoxy) is 1. The van der Waals surface area contributed by atoms with Crippen LogP contribution in [0.2, 0.25) is 0 Å². The number of aryl methyl sites for hydroxylation is 1. The molecule has 184 valence electrons. The molecule has 1 aliphatic carbocycles. The van der Waals surface area contributed by atoms with Gasteiger partial charge in [0, 0.05) is 37.0 Å². The minimum absolute atomic E-state index is 0.0146. The molecule has 1 saturated heterocycles. The number of rotatable bonds is 7. The van der Waals surface area contributed by atoms with Gasteiger partial charge in [-0.2, -0.15) is 0 Å². The number of nitrogens with zero attached hydrogens (tertiary/aromatic N) is 2. The summed E-state index contributed by atoms with van der Waals surface area (Å²) in [6, 6.07) is 13.8. The lowest BCUT2D eigenvalue weighted by atomic mass is 9.85. The Morgan fingerprint density at radius 3 is 2.35 bits per heavy atom. The SMILES string of the molecule is CCCN(C1CCN(C(=O)c2ccc(S(C)(=O)=O)cc2)CC1)C1CCc2ccc(OC)cc2C1. The zero-order valence-corrected chi connectivity index (χ0v) is 21.3. The lowest BCUT2D eigenvalue weighted by molar-refractivity contribution is 0.0507. The standard InChI is InChI=1S/C27H36N2O4S/c1-4-15-29(24-9-5-20-6-10-25(33-2)19-22(20)18-24)23-13-16-28(17-14-23)27(30)21-7-11-26(12-8-21)34(3,31)32/h6-8,10-12,19,23-24H,4-5,9,13-18H2,1-3H3. The third-order valence-corrected chi connectivity index (χ3v) is 8.45. The number of likely N-dealkylation sites (tertiary alicyclic amines) is 1. The van der Waals surface area contributed by atoms with E-state index < -0.39 is 9.84 Å². The van der Waals surface area contributed by atoms with Crippen LogP contribution in [0.5, 0.6) is 5.75 Å². The van der Waals surface area contributed by atoms with E-state index in [-0.39, 0.29) is 10.8 Å². The molecule has 1 atom stereocenters. The third kappa shape index (κ3) is 5.47. The first-order chi connectivity index (χ1) is 16.3. The van der Waals surface area contributed by atoms with E-state index in [0.29, 0.717) is 17.6 Å². The summed E-state index contributed by atoms with van der Waals surface area (Å²) in [6.07, 6.45) is 7.56. The zero-order chi connectivity index (χ0) is 24.3. The number of fused-ring (bicyclic) bond motifs is 1. The zero-order valence-electron chi connectivity index (χ0n) is 20.5. The van der Waals surface area contributed by atoms with Crippen molar-refractivity contribution in [2.75, 3.05) is 33.0 Å². The molecule has 4 rings (SSSR count). The number of methoxy groups -OCH3 is 1. The first-order valence-electron chi connectivity index (χ1n) is 12.3. The average molecular weight is 485 g/mol. The Bertz CT molecular complexity index is 1110. The lowest BCUT2D eigenvalue weighted by Crippen LogP contribution is -2.51. The number of amides is 1. The number of hydrogen-bond donors (Lipinski definition) is 0. The smallest absolute Gasteiger partial charge is 0.253 e. The Morgan fingerprint density at radius 1 is 1.03 bits per heavy atom. The maximum atomic E-state index is 13.0. The molecule has 2 aliphatic rings. The second-order valence-electron chi connectivity index (χ2n) is 9.59. The summed E-state index contributed by atoms with van der Waals surface area (Å²) in [5.41, 5.74) is 3.40. The van der Waals surface area contributed by atoms with Crippen LogP contribution in [-0.4, -0.2) is 69.2 Å². The highest BCUT2D eigenvalue weighted by molar-refractivity contribution is 7.90. The van der Waals surface area contributed by atoms with Crippen LogP contribution in [0.25, 0.3) is 0 Å². The van der Waals surface area contributed by atoms with E-state index in [1.807, 2.05) is 4.90 Å². The van der Waals surface area contributed by atoms with Gasteiger partial charge in [0.15, 0.2) is 9.84 Å². The van der Waals surface area contributed by atoms with Gasteiger partial charge in [0.2, 0.25) is 0 Å². The van der Waals surface area contributed by atoms with Gasteiger partial charge in [-0.05, 0) is 92.6 Å². The summed E-state index contributed by atoms with van der Waals surface area (Å²) < 4.78 is 28.8. The summed E-state index contributed by atoms with van der Waals surface area (Å²) in [5, 5.41) is 0. The fourth-order valence-corrected chi connectivity index (χ4v) is 6.10. The molecule has 0 radical (unpaired) electrons. The van der Waals surface area contributed by atoms with Crippen molar-refractivity contribution >= 4 is 15.7 Å². The van der Waals surface area contributed by atoms with E-state index >= 15 is 0 Å². The Hall–Kier alpha value is -2.38. The van der Waals surface area contributed by atoms with Crippen molar-refractivity contribution in [3.63, 3.8) is 0 Å². The van der Waals surface area contributed by atoms with Crippen molar-refractivity contribution in [2.24, 2.45) is 0 Å². The third-order valence-electron chi connectivity index (χ3n) is 7.32. The van der Waals surface area contributed by atoms with Crippen molar-refractivity contribution in [3.05, 3.63) is 59.2 Å². The molecule has 2 aromatic rings. The summed E-state index contributed by atoms with van der Waals surface area (Å²) in [5.74, 6) is 0.914. The van der Waals surface area contributed by atoms with Crippen LogP contribution >= 0.6 is 0 Å². The Kier molecular flexibility index (Phi) is 7.63. The largest absolute Gasteiger partial charge is 0.497 e. The van der Waals surface area contributed by atoms with Crippen molar-refractivity contribution in [3.8, 4) is 5.75 Å². The van der Waals surface area contributed by atoms with Gasteiger partial charge < -0.3 is 9.64 Å². The van der Waals surface area contributed by atoms with Crippen molar-refractivity contribution in [1.82, 2.24) is 9.80 Å². The maximum absolute atomic E-state index is 13.0. The molecular formula is C27H36N2O4S. The highest BCUT2D eigenvalue weighted by Crippen LogP contribution is 2.31. The summed E-state index contributed by atoms with van der Waals surface area (Å²) in [6.45, 7) is 4.78. The Balaban J connectivity index is 1.40. The predicted octanol–water partition coefficient (Wildman–Crippen LogP) is 3.97. The fourth-order valence-electron chi connectivity index (χ4n) is 5.47. The number of benzene rings is 2. The van der Waals surface area contributed by atoms with Crippen LogP contribution in [0.3, 0.4) is 0 Å². The summed E-state index contributed by atoms with van der Waals surface area (Å²) >= 11 is 0. The Labute approximate surface area is 203 Å². The van der Waals surface area contributed by atoms with Crippen molar-refractivity contribution in [1.29, 1.82) is 0 Å². The molecule has 1 heterocycles. The maximum Gasteiger partial charge on any atom is 0.253 e. The number of carbonyl (C=O) groups excluding carboxylic acids is 1. The van der Waals surface area contributed by atoms with Gasteiger partial charge >= 0.3 is 0 Å². The molecule has 0 spiro atoms. The summed E-state index contributed by atoms with van der Waals surface area (Å²) in [7, 11) is -1.54. The quantitative estimate of drug-likeness (QED) is 0.595. The highest BCUT2D eigenvalue weighted by Gasteiger charge is 2.32. The monoisotopic (exact) mass is 484 g/mol. The molecule has 0 N–H and O–H groups in total. The topological polar surface area (TPSA) is 66.9 Å². The molecule has 2 aromatic carbocycles. The summed E-state index contributed by atoms with van der Waals surface area (Å²) in [4.78, 5) is 17.9.